The van der Waals surface area contributed by atoms with E-state index in [4.69, 9.17) is 4.74 Å². The van der Waals surface area contributed by atoms with Gasteiger partial charge in [-0.25, -0.2) is 26.6 Å². The van der Waals surface area contributed by atoms with Crippen LogP contribution in [0.25, 0.3) is 0 Å². The molecule has 3 aromatic rings. The minimum Gasteiger partial charge on any atom is -0.370 e. The topological polar surface area (TPSA) is 68.3 Å². The summed E-state index contributed by atoms with van der Waals surface area (Å²) in [5, 5.41) is 0. The van der Waals surface area contributed by atoms with Crippen molar-refractivity contribution in [3.05, 3.63) is 89.4 Å². The van der Waals surface area contributed by atoms with Crippen molar-refractivity contribution < 1.29 is 26.3 Å². The molecule has 5 nitrogen and oxygen atoms in total. The molecule has 0 radical (unpaired) electrons. The SMILES string of the molecule is O=S(=O)(Nc1cccc(COCc2cccc(F)c2)n1)c1ccc(F)cc1F. The number of pyridine rings is 1. The van der Waals surface area contributed by atoms with Crippen molar-refractivity contribution >= 4 is 15.8 Å². The second-order valence-corrected chi connectivity index (χ2v) is 7.47. The molecule has 0 spiro atoms. The lowest BCUT2D eigenvalue weighted by Crippen LogP contribution is -2.16. The molecule has 0 amide bonds. The van der Waals surface area contributed by atoms with Crippen LogP contribution in [0.1, 0.15) is 11.3 Å². The van der Waals surface area contributed by atoms with E-state index >= 15 is 0 Å². The molecular formula is C19H15F3N2O3S. The zero-order chi connectivity index (χ0) is 20.1. The van der Waals surface area contributed by atoms with E-state index in [2.05, 4.69) is 9.71 Å². The van der Waals surface area contributed by atoms with Gasteiger partial charge in [0.1, 0.15) is 28.2 Å². The average molecular weight is 408 g/mol. The van der Waals surface area contributed by atoms with Crippen molar-refractivity contribution in [2.45, 2.75) is 18.1 Å². The summed E-state index contributed by atoms with van der Waals surface area (Å²) in [5.74, 6) is -2.51. The molecule has 9 heteroatoms. The van der Waals surface area contributed by atoms with E-state index in [0.717, 1.165) is 12.1 Å². The van der Waals surface area contributed by atoms with E-state index in [9.17, 15) is 21.6 Å². The Bertz CT molecular complexity index is 1090. The molecule has 0 fully saturated rings. The van der Waals surface area contributed by atoms with Crippen LogP contribution in [0.2, 0.25) is 0 Å². The molecule has 1 heterocycles. The van der Waals surface area contributed by atoms with Crippen LogP contribution in [0.3, 0.4) is 0 Å². The van der Waals surface area contributed by atoms with Crippen LogP contribution in [0.4, 0.5) is 19.0 Å². The fourth-order valence-corrected chi connectivity index (χ4v) is 3.46. The smallest absolute Gasteiger partial charge is 0.265 e. The lowest BCUT2D eigenvalue weighted by Gasteiger charge is -2.10. The van der Waals surface area contributed by atoms with Crippen molar-refractivity contribution in [2.24, 2.45) is 0 Å². The second-order valence-electron chi connectivity index (χ2n) is 5.82. The highest BCUT2D eigenvalue weighted by atomic mass is 32.2. The second kappa shape index (κ2) is 8.41. The van der Waals surface area contributed by atoms with Gasteiger partial charge in [-0.1, -0.05) is 18.2 Å². The summed E-state index contributed by atoms with van der Waals surface area (Å²) in [4.78, 5) is 3.40. The Morgan fingerprint density at radius 3 is 2.39 bits per heavy atom. The van der Waals surface area contributed by atoms with Gasteiger partial charge in [-0.05, 0) is 42.0 Å². The number of benzene rings is 2. The number of halogens is 3. The molecular weight excluding hydrogens is 393 g/mol. The van der Waals surface area contributed by atoms with Gasteiger partial charge in [0.2, 0.25) is 0 Å². The highest BCUT2D eigenvalue weighted by Crippen LogP contribution is 2.19. The van der Waals surface area contributed by atoms with Crippen molar-refractivity contribution in [3.8, 4) is 0 Å². The largest absolute Gasteiger partial charge is 0.370 e. The molecule has 0 unspecified atom stereocenters. The van der Waals surface area contributed by atoms with Crippen molar-refractivity contribution in [1.82, 2.24) is 4.98 Å². The van der Waals surface area contributed by atoms with Crippen LogP contribution in [0.15, 0.2) is 65.6 Å². The quantitative estimate of drug-likeness (QED) is 0.641. The fraction of sp³-hybridized carbons (Fsp3) is 0.105. The Balaban J connectivity index is 1.67. The zero-order valence-corrected chi connectivity index (χ0v) is 15.2. The van der Waals surface area contributed by atoms with Crippen molar-refractivity contribution in [3.63, 3.8) is 0 Å². The van der Waals surface area contributed by atoms with Crippen LogP contribution in [-0.4, -0.2) is 13.4 Å². The molecule has 0 saturated heterocycles. The minimum absolute atomic E-state index is 0.0458. The normalized spacial score (nSPS) is 11.4. The molecule has 0 aliphatic heterocycles. The summed E-state index contributed by atoms with van der Waals surface area (Å²) < 4.78 is 72.1. The van der Waals surface area contributed by atoms with Crippen molar-refractivity contribution in [2.75, 3.05) is 4.72 Å². The number of sulfonamides is 1. The van der Waals surface area contributed by atoms with Gasteiger partial charge in [0.05, 0.1) is 18.9 Å². The van der Waals surface area contributed by atoms with Crippen LogP contribution in [-0.2, 0) is 28.0 Å². The molecule has 3 rings (SSSR count). The number of ether oxygens (including phenoxy) is 1. The van der Waals surface area contributed by atoms with Gasteiger partial charge in [-0.2, -0.15) is 0 Å². The molecule has 1 aromatic heterocycles. The zero-order valence-electron chi connectivity index (χ0n) is 14.4. The first kappa shape index (κ1) is 19.8. The first-order chi connectivity index (χ1) is 13.3. The highest BCUT2D eigenvalue weighted by molar-refractivity contribution is 7.92. The minimum atomic E-state index is -4.28. The van der Waals surface area contributed by atoms with Gasteiger partial charge in [0, 0.05) is 6.07 Å². The lowest BCUT2D eigenvalue weighted by molar-refractivity contribution is 0.104. The summed E-state index contributed by atoms with van der Waals surface area (Å²) >= 11 is 0. The monoisotopic (exact) mass is 408 g/mol. The van der Waals surface area contributed by atoms with Crippen LogP contribution >= 0.6 is 0 Å². The number of nitrogens with one attached hydrogen (secondary N) is 1. The molecule has 0 bridgehead atoms. The standard InChI is InChI=1S/C19H15F3N2O3S/c20-14-4-1-3-13(9-14)11-27-12-16-5-2-6-19(23-16)24-28(25,26)18-8-7-15(21)10-17(18)22/h1-10H,11-12H2,(H,23,24). The number of rotatable bonds is 7. The molecule has 146 valence electrons. The number of anilines is 1. The van der Waals surface area contributed by atoms with Gasteiger partial charge in [0.15, 0.2) is 0 Å². The highest BCUT2D eigenvalue weighted by Gasteiger charge is 2.20. The van der Waals surface area contributed by atoms with E-state index in [1.807, 2.05) is 0 Å². The Morgan fingerprint density at radius 1 is 0.893 bits per heavy atom. The van der Waals surface area contributed by atoms with Crippen LogP contribution < -0.4 is 4.72 Å². The number of hydrogen-bond acceptors (Lipinski definition) is 4. The third kappa shape index (κ3) is 5.08. The Hall–Kier alpha value is -2.91. The van der Waals surface area contributed by atoms with E-state index in [0.29, 0.717) is 17.3 Å². The summed E-state index contributed by atoms with van der Waals surface area (Å²) in [6, 6.07) is 12.7. The maximum atomic E-state index is 13.8. The Kier molecular flexibility index (Phi) is 5.96. The molecule has 1 N–H and O–H groups in total. The van der Waals surface area contributed by atoms with E-state index in [1.165, 1.54) is 18.2 Å². The first-order valence-electron chi connectivity index (χ1n) is 8.09. The molecule has 0 atom stereocenters. The molecule has 0 aliphatic carbocycles. The van der Waals surface area contributed by atoms with Gasteiger partial charge >= 0.3 is 0 Å². The van der Waals surface area contributed by atoms with Crippen LogP contribution in [0, 0.1) is 17.5 Å². The first-order valence-corrected chi connectivity index (χ1v) is 9.58. The average Bonchev–Trinajstić information content (AvgIpc) is 2.61. The summed E-state index contributed by atoms with van der Waals surface area (Å²) in [6.07, 6.45) is 0. The maximum Gasteiger partial charge on any atom is 0.265 e. The van der Waals surface area contributed by atoms with Gasteiger partial charge in [-0.3, -0.25) is 4.72 Å². The van der Waals surface area contributed by atoms with E-state index in [-0.39, 0.29) is 24.8 Å². The Labute approximate surface area is 159 Å². The molecule has 0 saturated carbocycles. The third-order valence-electron chi connectivity index (χ3n) is 3.64. The molecule has 28 heavy (non-hydrogen) atoms. The van der Waals surface area contributed by atoms with Crippen LogP contribution in [0.5, 0.6) is 0 Å². The maximum absolute atomic E-state index is 13.8. The van der Waals surface area contributed by atoms with Gasteiger partial charge in [0.25, 0.3) is 10.0 Å². The lowest BCUT2D eigenvalue weighted by atomic mass is 10.2. The van der Waals surface area contributed by atoms with Crippen molar-refractivity contribution in [1.29, 1.82) is 0 Å². The number of hydrogen-bond donors (Lipinski definition) is 1. The summed E-state index contributed by atoms with van der Waals surface area (Å²) in [7, 11) is -4.28. The van der Waals surface area contributed by atoms with E-state index < -0.39 is 26.6 Å². The predicted molar refractivity (Wildman–Crippen MR) is 96.3 cm³/mol. The Morgan fingerprint density at radius 2 is 1.64 bits per heavy atom. The summed E-state index contributed by atoms with van der Waals surface area (Å²) in [6.45, 7) is 0.202. The predicted octanol–water partition coefficient (Wildman–Crippen LogP) is 4.02. The fourth-order valence-electron chi connectivity index (χ4n) is 2.40. The van der Waals surface area contributed by atoms with E-state index in [1.54, 1.807) is 24.3 Å². The molecule has 2 aromatic carbocycles. The third-order valence-corrected chi connectivity index (χ3v) is 5.02. The molecule has 0 aliphatic rings. The van der Waals surface area contributed by atoms with Gasteiger partial charge in [-0.15, -0.1) is 0 Å². The number of aromatic nitrogens is 1. The number of nitrogens with zero attached hydrogens (tertiary/aromatic N) is 1. The summed E-state index contributed by atoms with van der Waals surface area (Å²) in [5.41, 5.74) is 1.06. The van der Waals surface area contributed by atoms with Gasteiger partial charge < -0.3 is 4.74 Å².